The fourth-order valence-electron chi connectivity index (χ4n) is 3.10. The molecule has 0 spiro atoms. The van der Waals surface area contributed by atoms with Crippen LogP contribution in [0.3, 0.4) is 0 Å². The van der Waals surface area contributed by atoms with Crippen LogP contribution in [-0.2, 0) is 26.2 Å². The number of carbonyl (C=O) groups excluding carboxylic acids is 4. The second-order valence-electron chi connectivity index (χ2n) is 6.61. The maximum absolute atomic E-state index is 12.7. The molecule has 17 heteroatoms. The predicted octanol–water partition coefficient (Wildman–Crippen LogP) is -1.05. The molecule has 33 heavy (non-hydrogen) atoms. The third kappa shape index (κ3) is 4.33. The first-order valence-corrected chi connectivity index (χ1v) is 11.9. The highest BCUT2D eigenvalue weighted by Crippen LogP contribution is 2.41. The number of fused-ring (bicyclic) bond motifs is 1. The summed E-state index contributed by atoms with van der Waals surface area (Å²) in [5, 5.41) is 25.4. The number of thiazole rings is 1. The number of thioether (sulfide) groups is 2. The molecule has 0 bridgehead atoms. The van der Waals surface area contributed by atoms with Gasteiger partial charge in [-0.15, -0.1) is 16.9 Å². The minimum absolute atomic E-state index is 0.0135. The lowest BCUT2D eigenvalue weighted by molar-refractivity contribution is -0.150. The Morgan fingerprint density at radius 3 is 2.85 bits per heavy atom. The van der Waals surface area contributed by atoms with E-state index in [1.807, 2.05) is 0 Å². The zero-order valence-electron chi connectivity index (χ0n) is 16.6. The molecule has 3 amide bonds. The van der Waals surface area contributed by atoms with Crippen molar-refractivity contribution in [1.82, 2.24) is 35.4 Å². The highest BCUT2D eigenvalue weighted by Gasteiger charge is 2.54. The van der Waals surface area contributed by atoms with Crippen molar-refractivity contribution in [3.63, 3.8) is 0 Å². The van der Waals surface area contributed by atoms with E-state index in [0.29, 0.717) is 22.9 Å². The van der Waals surface area contributed by atoms with Crippen LogP contribution in [0, 0.1) is 0 Å². The van der Waals surface area contributed by atoms with Gasteiger partial charge in [-0.3, -0.25) is 24.1 Å². The van der Waals surface area contributed by atoms with E-state index in [0.717, 1.165) is 22.4 Å². The molecule has 172 valence electrons. The Kier molecular flexibility index (Phi) is 6.43. The molecule has 2 aliphatic rings. The Morgan fingerprint density at radius 2 is 2.18 bits per heavy atom. The molecule has 4 rings (SSSR count). The number of aliphatic carboxylic acids is 1. The molecule has 0 aliphatic carbocycles. The Morgan fingerprint density at radius 1 is 1.39 bits per heavy atom. The van der Waals surface area contributed by atoms with Crippen LogP contribution in [0.1, 0.15) is 9.67 Å². The number of nitrogens with one attached hydrogen (secondary N) is 2. The summed E-state index contributed by atoms with van der Waals surface area (Å²) in [4.78, 5) is 64.7. The van der Waals surface area contributed by atoms with Crippen molar-refractivity contribution < 1.29 is 29.1 Å². The summed E-state index contributed by atoms with van der Waals surface area (Å²) in [5.74, 6) is -3.25. The summed E-state index contributed by atoms with van der Waals surface area (Å²) < 4.78 is 1.45. The second kappa shape index (κ2) is 9.28. The highest BCUT2D eigenvalue weighted by molar-refractivity contribution is 8.01. The fourth-order valence-corrected chi connectivity index (χ4v) is 6.15. The van der Waals surface area contributed by atoms with Gasteiger partial charge in [-0.05, 0) is 16.0 Å². The van der Waals surface area contributed by atoms with E-state index in [-0.39, 0.29) is 21.5 Å². The summed E-state index contributed by atoms with van der Waals surface area (Å²) in [6.45, 7) is 0. The monoisotopic (exact) mass is 510 g/mol. The van der Waals surface area contributed by atoms with Crippen molar-refractivity contribution in [2.75, 3.05) is 16.8 Å². The van der Waals surface area contributed by atoms with Gasteiger partial charge in [0.15, 0.2) is 5.13 Å². The first kappa shape index (κ1) is 22.9. The molecule has 2 atom stereocenters. The smallest absolute Gasteiger partial charge is 0.352 e. The number of β-lactam (4-membered cyclic amide) rings is 1. The maximum atomic E-state index is 12.7. The highest BCUT2D eigenvalue weighted by atomic mass is 32.2. The van der Waals surface area contributed by atoms with E-state index in [9.17, 15) is 29.1 Å². The molecule has 0 saturated carbocycles. The van der Waals surface area contributed by atoms with Crippen molar-refractivity contribution in [3.05, 3.63) is 22.3 Å². The van der Waals surface area contributed by atoms with Gasteiger partial charge in [-0.1, -0.05) is 23.1 Å². The van der Waals surface area contributed by atoms with Gasteiger partial charge >= 0.3 is 5.97 Å². The van der Waals surface area contributed by atoms with Crippen LogP contribution in [0.25, 0.3) is 0 Å². The quantitative estimate of drug-likeness (QED) is 0.122. The van der Waals surface area contributed by atoms with Crippen molar-refractivity contribution >= 4 is 70.0 Å². The van der Waals surface area contributed by atoms with Crippen molar-refractivity contribution in [2.45, 2.75) is 16.6 Å². The molecule has 4 heterocycles. The van der Waals surface area contributed by atoms with Crippen molar-refractivity contribution in [2.24, 2.45) is 7.05 Å². The molecular weight excluding hydrogens is 496 g/mol. The number of Topliss-reactive ketones (excluding diaryl/α,β-unsaturated/α-hetero) is 1. The molecular formula is C16H14N8O6S3. The van der Waals surface area contributed by atoms with Gasteiger partial charge in [0.05, 0.1) is 6.20 Å². The number of amides is 3. The zero-order valence-corrected chi connectivity index (χ0v) is 19.1. The molecule has 3 N–H and O–H groups in total. The zero-order chi connectivity index (χ0) is 23.7. The number of carboxylic acid groups (broad SMARTS) is 1. The molecule has 2 aliphatic heterocycles. The number of hydrogen-bond donors (Lipinski definition) is 3. The van der Waals surface area contributed by atoms with Crippen molar-refractivity contribution in [3.8, 4) is 0 Å². The van der Waals surface area contributed by atoms with Gasteiger partial charge < -0.3 is 15.7 Å². The molecule has 1 unspecified atom stereocenters. The Balaban J connectivity index is 1.44. The Hall–Kier alpha value is -3.31. The van der Waals surface area contributed by atoms with Crippen LogP contribution in [0.15, 0.2) is 22.6 Å². The summed E-state index contributed by atoms with van der Waals surface area (Å²) in [6.07, 6.45) is 1.53. The molecule has 14 nitrogen and oxygen atoms in total. The largest absolute Gasteiger partial charge is 0.477 e. The number of rotatable bonds is 9. The second-order valence-corrected chi connectivity index (χ2v) is 9.69. The van der Waals surface area contributed by atoms with E-state index in [1.54, 1.807) is 7.05 Å². The molecule has 2 aromatic rings. The number of tetrazole rings is 1. The molecule has 0 radical (unpaired) electrons. The van der Waals surface area contributed by atoms with Crippen LogP contribution >= 0.6 is 34.9 Å². The van der Waals surface area contributed by atoms with Crippen molar-refractivity contribution in [1.29, 1.82) is 0 Å². The summed E-state index contributed by atoms with van der Waals surface area (Å²) >= 11 is 3.33. The van der Waals surface area contributed by atoms with E-state index < -0.39 is 35.0 Å². The van der Waals surface area contributed by atoms with E-state index in [2.05, 4.69) is 31.1 Å². The lowest BCUT2D eigenvalue weighted by Crippen LogP contribution is -2.71. The maximum Gasteiger partial charge on any atom is 0.352 e. The third-order valence-electron chi connectivity index (χ3n) is 4.61. The number of carbonyl (C=O) groups is 5. The van der Waals surface area contributed by atoms with Gasteiger partial charge in [-0.2, -0.15) is 0 Å². The minimum atomic E-state index is -1.26. The average Bonchev–Trinajstić information content (AvgIpc) is 3.43. The number of hydrogen-bond acceptors (Lipinski definition) is 12. The van der Waals surface area contributed by atoms with Gasteiger partial charge in [0.25, 0.3) is 17.6 Å². The number of aryl methyl sites for hydroxylation is 1. The van der Waals surface area contributed by atoms with Crippen LogP contribution in [0.4, 0.5) is 5.13 Å². The van der Waals surface area contributed by atoms with Crippen LogP contribution in [0.2, 0.25) is 0 Å². The Labute approximate surface area is 197 Å². The number of anilines is 1. The lowest BCUT2D eigenvalue weighted by atomic mass is 10.0. The fraction of sp³-hybridized carbons (Fsp3) is 0.312. The van der Waals surface area contributed by atoms with Crippen LogP contribution in [0.5, 0.6) is 0 Å². The minimum Gasteiger partial charge on any atom is -0.477 e. The number of aromatic nitrogens is 5. The average molecular weight is 511 g/mol. The number of ketones is 1. The summed E-state index contributed by atoms with van der Waals surface area (Å²) in [5.41, 5.74) is 0.376. The molecule has 2 aromatic heterocycles. The first-order chi connectivity index (χ1) is 15.8. The predicted molar refractivity (Wildman–Crippen MR) is 115 cm³/mol. The summed E-state index contributed by atoms with van der Waals surface area (Å²) in [6, 6.07) is -1.04. The van der Waals surface area contributed by atoms with E-state index in [4.69, 9.17) is 0 Å². The molecule has 1 fully saturated rings. The SMILES string of the molecule is Cn1nnnc1SCC1=C(C(=O)O)N2C(=O)C(NC(=O)C(=O)c3cnc(NC=O)s3)[C@H]2SC1. The summed E-state index contributed by atoms with van der Waals surface area (Å²) in [7, 11) is 1.65. The van der Waals surface area contributed by atoms with Gasteiger partial charge in [0, 0.05) is 18.6 Å². The van der Waals surface area contributed by atoms with Crippen LogP contribution < -0.4 is 10.6 Å². The molecule has 1 saturated heterocycles. The number of nitrogens with zero attached hydrogens (tertiary/aromatic N) is 6. The van der Waals surface area contributed by atoms with E-state index >= 15 is 0 Å². The van der Waals surface area contributed by atoms with Gasteiger partial charge in [-0.25, -0.2) is 14.5 Å². The topological polar surface area (TPSA) is 189 Å². The standard InChI is InChI=1S/C16H14N8O6S3/c1-23-16(20-21-22-23)32-4-6-3-31-13-8(12(28)24(13)9(6)14(29)30)19-11(27)10(26)7-2-17-15(33-7)18-5-25/h2,5,8,13H,3-4H2,1H3,(H,19,27)(H,29,30)(H,17,18,25)/t8?,13-/m1/s1. The number of carboxylic acids is 1. The van der Waals surface area contributed by atoms with Gasteiger partial charge in [0.1, 0.15) is 22.0 Å². The molecule has 0 aromatic carbocycles. The lowest BCUT2D eigenvalue weighted by Gasteiger charge is -2.49. The normalized spacial score (nSPS) is 19.5. The van der Waals surface area contributed by atoms with E-state index in [1.165, 1.54) is 28.2 Å². The first-order valence-electron chi connectivity index (χ1n) is 9.08. The Bertz CT molecular complexity index is 1190. The van der Waals surface area contributed by atoms with Crippen LogP contribution in [-0.4, -0.2) is 88.1 Å². The van der Waals surface area contributed by atoms with Gasteiger partial charge in [0.2, 0.25) is 11.6 Å². The third-order valence-corrected chi connectivity index (χ3v) is 7.98.